The van der Waals surface area contributed by atoms with E-state index < -0.39 is 0 Å². The van der Waals surface area contributed by atoms with Crippen molar-refractivity contribution in [1.29, 1.82) is 0 Å². The molecule has 1 nitrogen and oxygen atoms in total. The van der Waals surface area contributed by atoms with Crippen LogP contribution in [0.5, 0.6) is 0 Å². The van der Waals surface area contributed by atoms with E-state index in [9.17, 15) is 0 Å². The summed E-state index contributed by atoms with van der Waals surface area (Å²) < 4.78 is 0. The number of benzene rings is 9. The highest BCUT2D eigenvalue weighted by molar-refractivity contribution is 6.25. The van der Waals surface area contributed by atoms with Crippen LogP contribution in [0.25, 0.3) is 77.0 Å². The maximum Gasteiger partial charge on any atom is 0.0633 e. The number of aliphatic imine (C=N–C) groups is 1. The van der Waals surface area contributed by atoms with Crippen LogP contribution < -0.4 is 0 Å². The van der Waals surface area contributed by atoms with Crippen LogP contribution in [0.15, 0.2) is 206 Å². The van der Waals surface area contributed by atoms with Crippen molar-refractivity contribution in [3.63, 3.8) is 0 Å². The molecule has 0 N–H and O–H groups in total. The second kappa shape index (κ2) is 15.3. The molecule has 9 aromatic carbocycles. The standard InChI is InChI=1S/C37H29N.C21H18/c1-23(38-24(2)26-17-11-18-33-32-16-9-10-19-35(32)37(3,4)36(26)33)25-20-21-31-29-14-6-5-12-27(29)28-13-7-8-15-30(28)34(31)22-25;1-16(2)19-13-20(17-9-5-3-6-10-17)15-21(14-19)18-11-7-4-8-12-18/h5-22H,1H2,2-4H3;3-15H,1H2,2H3. The molecule has 1 heteroatoms. The quantitative estimate of drug-likeness (QED) is 0.118. The van der Waals surface area contributed by atoms with Crippen LogP contribution in [0, 0.1) is 0 Å². The summed E-state index contributed by atoms with van der Waals surface area (Å²) >= 11 is 0. The fourth-order valence-corrected chi connectivity index (χ4v) is 9.03. The maximum atomic E-state index is 5.09. The number of nitrogens with zero attached hydrogens (tertiary/aromatic N) is 1. The highest BCUT2D eigenvalue weighted by atomic mass is 14.8. The predicted molar refractivity (Wildman–Crippen MR) is 256 cm³/mol. The number of hydrogen-bond acceptors (Lipinski definition) is 1. The molecule has 1 aliphatic rings. The molecule has 0 heterocycles. The molecule has 284 valence electrons. The molecule has 0 aromatic heterocycles. The number of hydrogen-bond donors (Lipinski definition) is 0. The van der Waals surface area contributed by atoms with Crippen molar-refractivity contribution >= 4 is 49.3 Å². The van der Waals surface area contributed by atoms with Gasteiger partial charge in [0.05, 0.1) is 5.70 Å². The summed E-state index contributed by atoms with van der Waals surface area (Å²) in [4.78, 5) is 5.09. The van der Waals surface area contributed by atoms with E-state index in [1.54, 1.807) is 0 Å². The van der Waals surface area contributed by atoms with Crippen molar-refractivity contribution in [1.82, 2.24) is 0 Å². The molecule has 0 fully saturated rings. The topological polar surface area (TPSA) is 12.4 Å². The first-order valence-electron chi connectivity index (χ1n) is 20.4. The molecule has 0 saturated carbocycles. The average Bonchev–Trinajstić information content (AvgIpc) is 3.52. The summed E-state index contributed by atoms with van der Waals surface area (Å²) in [5.74, 6) is 0. The van der Waals surface area contributed by atoms with Crippen LogP contribution in [0.1, 0.15) is 55.5 Å². The number of rotatable bonds is 6. The lowest BCUT2D eigenvalue weighted by atomic mass is 9.79. The van der Waals surface area contributed by atoms with E-state index in [1.165, 1.54) is 88.0 Å². The van der Waals surface area contributed by atoms with Crippen molar-refractivity contribution < 1.29 is 0 Å². The molecule has 0 bridgehead atoms. The van der Waals surface area contributed by atoms with E-state index in [1.807, 2.05) is 12.1 Å². The molecule has 0 aliphatic heterocycles. The smallest absolute Gasteiger partial charge is 0.0633 e. The monoisotopic (exact) mass is 757 g/mol. The van der Waals surface area contributed by atoms with Gasteiger partial charge in [-0.05, 0) is 121 Å². The Balaban J connectivity index is 0.000000181. The SMILES string of the molecule is C=C(C)c1cc(-c2ccccc2)cc(-c2ccccc2)c1.C=C(N=C(C)c1cccc2c1C(C)(C)c1ccccc1-2)c1ccc2c3ccccc3c3ccccc3c2c1. The van der Waals surface area contributed by atoms with E-state index in [-0.39, 0.29) is 5.41 Å². The van der Waals surface area contributed by atoms with Crippen molar-refractivity contribution in [3.05, 3.63) is 229 Å². The third kappa shape index (κ3) is 6.89. The molecule has 10 rings (SSSR count). The second-order valence-electron chi connectivity index (χ2n) is 16.2. The van der Waals surface area contributed by atoms with Crippen LogP contribution >= 0.6 is 0 Å². The predicted octanol–water partition coefficient (Wildman–Crippen LogP) is 16.0. The van der Waals surface area contributed by atoms with Gasteiger partial charge in [-0.15, -0.1) is 0 Å². The van der Waals surface area contributed by atoms with Gasteiger partial charge < -0.3 is 0 Å². The molecule has 0 unspecified atom stereocenters. The average molecular weight is 758 g/mol. The Morgan fingerprint density at radius 3 is 1.49 bits per heavy atom. The zero-order valence-corrected chi connectivity index (χ0v) is 34.3. The van der Waals surface area contributed by atoms with Crippen LogP contribution in [0.4, 0.5) is 0 Å². The van der Waals surface area contributed by atoms with Gasteiger partial charge in [0.15, 0.2) is 0 Å². The van der Waals surface area contributed by atoms with Gasteiger partial charge in [0.25, 0.3) is 0 Å². The molecule has 0 radical (unpaired) electrons. The van der Waals surface area contributed by atoms with Gasteiger partial charge in [0.1, 0.15) is 0 Å². The van der Waals surface area contributed by atoms with Crippen LogP contribution in [0.2, 0.25) is 0 Å². The molecule has 59 heavy (non-hydrogen) atoms. The van der Waals surface area contributed by atoms with Crippen molar-refractivity contribution in [2.45, 2.75) is 33.1 Å². The second-order valence-corrected chi connectivity index (χ2v) is 16.2. The largest absolute Gasteiger partial charge is 0.253 e. The van der Waals surface area contributed by atoms with Crippen molar-refractivity contribution in [3.8, 4) is 33.4 Å². The Labute approximate surface area is 348 Å². The van der Waals surface area contributed by atoms with Crippen molar-refractivity contribution in [2.24, 2.45) is 4.99 Å². The first kappa shape index (κ1) is 37.5. The molecule has 0 atom stereocenters. The lowest BCUT2D eigenvalue weighted by Gasteiger charge is -2.24. The van der Waals surface area contributed by atoms with Gasteiger partial charge in [-0.3, -0.25) is 4.99 Å². The van der Waals surface area contributed by atoms with E-state index in [4.69, 9.17) is 4.99 Å². The minimum Gasteiger partial charge on any atom is -0.253 e. The van der Waals surface area contributed by atoms with E-state index in [0.717, 1.165) is 22.5 Å². The highest BCUT2D eigenvalue weighted by Gasteiger charge is 2.37. The fourth-order valence-electron chi connectivity index (χ4n) is 9.03. The Morgan fingerprint density at radius 2 is 0.915 bits per heavy atom. The summed E-state index contributed by atoms with van der Waals surface area (Å²) in [5.41, 5.74) is 16.5. The molecular formula is C58H47N. The first-order valence-corrected chi connectivity index (χ1v) is 20.4. The van der Waals surface area contributed by atoms with Gasteiger partial charge in [0, 0.05) is 22.3 Å². The van der Waals surface area contributed by atoms with Gasteiger partial charge >= 0.3 is 0 Å². The summed E-state index contributed by atoms with van der Waals surface area (Å²) in [6, 6.07) is 67.0. The Hall–Kier alpha value is -7.09. The van der Waals surface area contributed by atoms with E-state index in [0.29, 0.717) is 0 Å². The van der Waals surface area contributed by atoms with Crippen LogP contribution in [0.3, 0.4) is 0 Å². The summed E-state index contributed by atoms with van der Waals surface area (Å²) in [6.07, 6.45) is 0. The lowest BCUT2D eigenvalue weighted by molar-refractivity contribution is 0.659. The Bertz CT molecular complexity index is 3010. The third-order valence-electron chi connectivity index (χ3n) is 12.0. The number of fused-ring (bicyclic) bond motifs is 9. The molecular weight excluding hydrogens is 711 g/mol. The minimum atomic E-state index is -0.0798. The molecule has 9 aromatic rings. The molecule has 0 spiro atoms. The molecule has 1 aliphatic carbocycles. The zero-order chi connectivity index (χ0) is 40.7. The number of allylic oxidation sites excluding steroid dienone is 1. The summed E-state index contributed by atoms with van der Waals surface area (Å²) in [5, 5.41) is 7.61. The normalized spacial score (nSPS) is 12.8. The Morgan fingerprint density at radius 1 is 0.424 bits per heavy atom. The van der Waals surface area contributed by atoms with Gasteiger partial charge in [-0.2, -0.15) is 0 Å². The minimum absolute atomic E-state index is 0.0798. The van der Waals surface area contributed by atoms with Gasteiger partial charge in [-0.1, -0.05) is 196 Å². The lowest BCUT2D eigenvalue weighted by Crippen LogP contribution is -2.18. The Kier molecular flexibility index (Phi) is 9.75. The molecule has 0 saturated heterocycles. The van der Waals surface area contributed by atoms with Crippen LogP contribution in [-0.4, -0.2) is 5.71 Å². The van der Waals surface area contributed by atoms with E-state index >= 15 is 0 Å². The highest BCUT2D eigenvalue weighted by Crippen LogP contribution is 2.50. The van der Waals surface area contributed by atoms with E-state index in [2.05, 4.69) is 217 Å². The van der Waals surface area contributed by atoms with Gasteiger partial charge in [0.2, 0.25) is 0 Å². The van der Waals surface area contributed by atoms with Crippen molar-refractivity contribution in [2.75, 3.05) is 0 Å². The fraction of sp³-hybridized carbons (Fsp3) is 0.0862. The summed E-state index contributed by atoms with van der Waals surface area (Å²) in [6.45, 7) is 17.3. The third-order valence-corrected chi connectivity index (χ3v) is 12.0. The molecule has 0 amide bonds. The summed E-state index contributed by atoms with van der Waals surface area (Å²) in [7, 11) is 0. The van der Waals surface area contributed by atoms with Crippen LogP contribution in [-0.2, 0) is 5.41 Å². The zero-order valence-electron chi connectivity index (χ0n) is 34.3. The first-order chi connectivity index (χ1) is 28.7. The maximum absolute atomic E-state index is 5.09. The van der Waals surface area contributed by atoms with Gasteiger partial charge in [-0.25, -0.2) is 0 Å².